The summed E-state index contributed by atoms with van der Waals surface area (Å²) in [4.78, 5) is 5.59. The van der Waals surface area contributed by atoms with Gasteiger partial charge in [0.2, 0.25) is 0 Å². The Morgan fingerprint density at radius 3 is 2.80 bits per heavy atom. The van der Waals surface area contributed by atoms with Crippen LogP contribution in [-0.4, -0.2) is 21.3 Å². The summed E-state index contributed by atoms with van der Waals surface area (Å²) in [5, 5.41) is 0.764. The van der Waals surface area contributed by atoms with E-state index in [-0.39, 0.29) is 6.04 Å². The summed E-state index contributed by atoms with van der Waals surface area (Å²) in [5.74, 6) is 1.96. The summed E-state index contributed by atoms with van der Waals surface area (Å²) < 4.78 is 2.19. The fourth-order valence-corrected chi connectivity index (χ4v) is 2.98. The Labute approximate surface area is 129 Å². The van der Waals surface area contributed by atoms with Crippen LogP contribution in [0.2, 0.25) is 5.02 Å². The molecule has 1 heterocycles. The fraction of sp³-hybridized carbons (Fsp3) is 0.400. The predicted octanol–water partition coefficient (Wildman–Crippen LogP) is 3.61. The summed E-state index contributed by atoms with van der Waals surface area (Å²) in [7, 11) is 0. The lowest BCUT2D eigenvalue weighted by Gasteiger charge is -2.12. The van der Waals surface area contributed by atoms with Gasteiger partial charge < -0.3 is 10.3 Å². The monoisotopic (exact) mass is 309 g/mol. The third-order valence-corrected chi connectivity index (χ3v) is 4.44. The second-order valence-electron chi connectivity index (χ2n) is 4.77. The van der Waals surface area contributed by atoms with Crippen molar-refractivity contribution in [3.63, 3.8) is 0 Å². The maximum atomic E-state index is 6.21. The highest BCUT2D eigenvalue weighted by atomic mass is 35.5. The van der Waals surface area contributed by atoms with Crippen molar-refractivity contribution in [3.05, 3.63) is 47.5 Å². The molecule has 0 fully saturated rings. The molecule has 0 aliphatic carbocycles. The molecule has 2 aromatic rings. The van der Waals surface area contributed by atoms with Crippen LogP contribution in [-0.2, 0) is 13.0 Å². The van der Waals surface area contributed by atoms with Crippen molar-refractivity contribution >= 4 is 23.4 Å². The fourth-order valence-electron chi connectivity index (χ4n) is 2.00. The summed E-state index contributed by atoms with van der Waals surface area (Å²) in [6.45, 7) is 3.17. The molecule has 1 aromatic carbocycles. The third kappa shape index (κ3) is 4.54. The first kappa shape index (κ1) is 15.4. The van der Waals surface area contributed by atoms with E-state index in [1.807, 2.05) is 36.7 Å². The Bertz CT molecular complexity index is 524. The van der Waals surface area contributed by atoms with E-state index in [1.54, 1.807) is 11.8 Å². The van der Waals surface area contributed by atoms with E-state index in [2.05, 4.69) is 16.5 Å². The minimum atomic E-state index is 0.105. The highest BCUT2D eigenvalue weighted by Crippen LogP contribution is 2.21. The smallest absolute Gasteiger partial charge is 0.110 e. The first-order valence-corrected chi connectivity index (χ1v) is 8.19. The number of benzene rings is 1. The van der Waals surface area contributed by atoms with E-state index >= 15 is 0 Å². The Balaban J connectivity index is 1.84. The molecule has 2 N–H and O–H groups in total. The molecule has 0 aliphatic heterocycles. The molecule has 1 unspecified atom stereocenters. The van der Waals surface area contributed by atoms with Crippen LogP contribution in [0.4, 0.5) is 0 Å². The van der Waals surface area contributed by atoms with Gasteiger partial charge in [-0.25, -0.2) is 4.98 Å². The van der Waals surface area contributed by atoms with Crippen molar-refractivity contribution in [2.75, 3.05) is 5.75 Å². The third-order valence-electron chi connectivity index (χ3n) is 2.99. The normalized spacial score (nSPS) is 12.6. The van der Waals surface area contributed by atoms with Gasteiger partial charge in [0, 0.05) is 47.1 Å². The number of hydrogen-bond donors (Lipinski definition) is 1. The van der Waals surface area contributed by atoms with Gasteiger partial charge in [-0.15, -0.1) is 11.8 Å². The molecule has 0 saturated carbocycles. The van der Waals surface area contributed by atoms with Crippen molar-refractivity contribution in [3.8, 4) is 0 Å². The molecule has 1 aromatic heterocycles. The van der Waals surface area contributed by atoms with Crippen molar-refractivity contribution in [1.82, 2.24) is 9.55 Å². The molecule has 0 spiro atoms. The maximum absolute atomic E-state index is 6.21. The van der Waals surface area contributed by atoms with Crippen LogP contribution in [0, 0.1) is 0 Å². The molecule has 108 valence electrons. The van der Waals surface area contributed by atoms with Crippen LogP contribution in [0.25, 0.3) is 0 Å². The quantitative estimate of drug-likeness (QED) is 0.795. The Morgan fingerprint density at radius 2 is 2.10 bits per heavy atom. The van der Waals surface area contributed by atoms with E-state index < -0.39 is 0 Å². The molecular weight excluding hydrogens is 290 g/mol. The van der Waals surface area contributed by atoms with Crippen molar-refractivity contribution in [2.24, 2.45) is 5.73 Å². The Morgan fingerprint density at radius 1 is 1.35 bits per heavy atom. The van der Waals surface area contributed by atoms with Crippen LogP contribution in [0.15, 0.2) is 41.6 Å². The van der Waals surface area contributed by atoms with Gasteiger partial charge >= 0.3 is 0 Å². The molecule has 0 aliphatic rings. The SMILES string of the molecule is CCCn1ccnc1CC(N)CSc1ccc(Cl)cc1. The van der Waals surface area contributed by atoms with Gasteiger partial charge in [-0.3, -0.25) is 0 Å². The maximum Gasteiger partial charge on any atom is 0.110 e. The number of aryl methyl sites for hydroxylation is 1. The van der Waals surface area contributed by atoms with Gasteiger partial charge in [0.15, 0.2) is 0 Å². The van der Waals surface area contributed by atoms with Gasteiger partial charge in [0.1, 0.15) is 5.82 Å². The summed E-state index contributed by atoms with van der Waals surface area (Å²) in [6, 6.07) is 7.97. The zero-order valence-corrected chi connectivity index (χ0v) is 13.2. The van der Waals surface area contributed by atoms with Crippen LogP contribution in [0.1, 0.15) is 19.2 Å². The van der Waals surface area contributed by atoms with E-state index in [0.717, 1.165) is 36.0 Å². The topological polar surface area (TPSA) is 43.8 Å². The van der Waals surface area contributed by atoms with Gasteiger partial charge in [-0.1, -0.05) is 18.5 Å². The number of aromatic nitrogens is 2. The number of rotatable bonds is 7. The molecule has 0 saturated heterocycles. The standard InChI is InChI=1S/C15H20ClN3S/c1-2-8-19-9-7-18-15(19)10-13(17)11-20-14-5-3-12(16)4-6-14/h3-7,9,13H,2,8,10-11,17H2,1H3. The molecule has 0 bridgehead atoms. The summed E-state index contributed by atoms with van der Waals surface area (Å²) in [6.07, 6.45) is 5.80. The molecule has 0 radical (unpaired) electrons. The molecule has 2 rings (SSSR count). The minimum absolute atomic E-state index is 0.105. The van der Waals surface area contributed by atoms with Crippen LogP contribution < -0.4 is 5.73 Å². The molecule has 3 nitrogen and oxygen atoms in total. The van der Waals surface area contributed by atoms with Crippen LogP contribution in [0.3, 0.4) is 0 Å². The van der Waals surface area contributed by atoms with Crippen LogP contribution >= 0.6 is 23.4 Å². The molecule has 1 atom stereocenters. The number of imidazole rings is 1. The second-order valence-corrected chi connectivity index (χ2v) is 6.30. The van der Waals surface area contributed by atoms with Crippen molar-refractivity contribution in [2.45, 2.75) is 37.2 Å². The summed E-state index contributed by atoms with van der Waals surface area (Å²) >= 11 is 7.63. The lowest BCUT2D eigenvalue weighted by molar-refractivity contribution is 0.607. The molecular formula is C15H20ClN3S. The average molecular weight is 310 g/mol. The molecule has 20 heavy (non-hydrogen) atoms. The zero-order chi connectivity index (χ0) is 14.4. The van der Waals surface area contributed by atoms with Crippen molar-refractivity contribution in [1.29, 1.82) is 0 Å². The van der Waals surface area contributed by atoms with Gasteiger partial charge in [0.05, 0.1) is 0 Å². The van der Waals surface area contributed by atoms with Gasteiger partial charge in [-0.05, 0) is 30.7 Å². The Hall–Kier alpha value is -0.970. The molecule has 0 amide bonds. The highest BCUT2D eigenvalue weighted by molar-refractivity contribution is 7.99. The van der Waals surface area contributed by atoms with E-state index in [4.69, 9.17) is 17.3 Å². The average Bonchev–Trinajstić information content (AvgIpc) is 2.86. The first-order valence-electron chi connectivity index (χ1n) is 6.83. The zero-order valence-electron chi connectivity index (χ0n) is 11.6. The predicted molar refractivity (Wildman–Crippen MR) is 86.4 cm³/mol. The van der Waals surface area contributed by atoms with E-state index in [9.17, 15) is 0 Å². The van der Waals surface area contributed by atoms with Crippen molar-refractivity contribution < 1.29 is 0 Å². The van der Waals surface area contributed by atoms with Crippen LogP contribution in [0.5, 0.6) is 0 Å². The van der Waals surface area contributed by atoms with E-state index in [1.165, 1.54) is 4.90 Å². The number of nitrogens with zero attached hydrogens (tertiary/aromatic N) is 2. The number of nitrogens with two attached hydrogens (primary N) is 1. The lowest BCUT2D eigenvalue weighted by atomic mass is 10.2. The van der Waals surface area contributed by atoms with Gasteiger partial charge in [-0.2, -0.15) is 0 Å². The first-order chi connectivity index (χ1) is 9.69. The largest absolute Gasteiger partial charge is 0.335 e. The number of thioether (sulfide) groups is 1. The molecule has 5 heteroatoms. The minimum Gasteiger partial charge on any atom is -0.335 e. The lowest BCUT2D eigenvalue weighted by Crippen LogP contribution is -2.27. The Kier molecular flexibility index (Phi) is 5.95. The van der Waals surface area contributed by atoms with Gasteiger partial charge in [0.25, 0.3) is 0 Å². The second kappa shape index (κ2) is 7.72. The number of halogens is 1. The van der Waals surface area contributed by atoms with E-state index in [0.29, 0.717) is 0 Å². The number of hydrogen-bond acceptors (Lipinski definition) is 3. The summed E-state index contributed by atoms with van der Waals surface area (Å²) in [5.41, 5.74) is 6.21. The highest BCUT2D eigenvalue weighted by Gasteiger charge is 2.09.